The molecule has 0 bridgehead atoms. The standard InChI is InChI=1S/C26H32N4O2/c27-17-21-11-13-22(14-12-21)18-29-26(32)24(16-20-9-5-2-6-10-20)30-25(31)23(28)15-19-7-3-1-4-8-19/h2,5-6,9-14,19,23-24H,1,3-4,7-8,15-16,18,28H2,(H,29,32)(H,30,31)/t23?,24-/m0/s1. The molecule has 6 heteroatoms. The number of nitrogens with zero attached hydrogens (tertiary/aromatic N) is 1. The van der Waals surface area contributed by atoms with Gasteiger partial charge in [0.25, 0.3) is 0 Å². The zero-order chi connectivity index (χ0) is 22.8. The third-order valence-electron chi connectivity index (χ3n) is 6.11. The SMILES string of the molecule is N#Cc1ccc(CNC(=O)[C@H](Cc2ccccc2)NC(=O)C(N)CC2CCCCC2)cc1. The first-order valence-electron chi connectivity index (χ1n) is 11.4. The minimum absolute atomic E-state index is 0.253. The summed E-state index contributed by atoms with van der Waals surface area (Å²) in [6.45, 7) is 0.319. The van der Waals surface area contributed by atoms with Gasteiger partial charge in [0, 0.05) is 13.0 Å². The Balaban J connectivity index is 1.61. The van der Waals surface area contributed by atoms with Crippen molar-refractivity contribution in [1.82, 2.24) is 10.6 Å². The van der Waals surface area contributed by atoms with Gasteiger partial charge >= 0.3 is 0 Å². The topological polar surface area (TPSA) is 108 Å². The molecular formula is C26H32N4O2. The molecule has 0 spiro atoms. The van der Waals surface area contributed by atoms with Crippen LogP contribution in [0, 0.1) is 17.2 Å². The fourth-order valence-electron chi connectivity index (χ4n) is 4.24. The highest BCUT2D eigenvalue weighted by Gasteiger charge is 2.26. The summed E-state index contributed by atoms with van der Waals surface area (Å²) in [6.07, 6.45) is 6.97. The van der Waals surface area contributed by atoms with Crippen LogP contribution in [-0.4, -0.2) is 23.9 Å². The number of amides is 2. The van der Waals surface area contributed by atoms with Crippen molar-refractivity contribution in [1.29, 1.82) is 5.26 Å². The summed E-state index contributed by atoms with van der Waals surface area (Å²) < 4.78 is 0. The van der Waals surface area contributed by atoms with Crippen molar-refractivity contribution in [3.05, 3.63) is 71.3 Å². The Morgan fingerprint density at radius 2 is 1.66 bits per heavy atom. The van der Waals surface area contributed by atoms with Crippen LogP contribution in [0.5, 0.6) is 0 Å². The van der Waals surface area contributed by atoms with E-state index in [-0.39, 0.29) is 11.8 Å². The number of carbonyl (C=O) groups excluding carboxylic acids is 2. The number of rotatable bonds is 9. The number of hydrogen-bond donors (Lipinski definition) is 3. The maximum atomic E-state index is 13.0. The molecule has 2 atom stereocenters. The van der Waals surface area contributed by atoms with Crippen molar-refractivity contribution in [3.8, 4) is 6.07 Å². The van der Waals surface area contributed by atoms with E-state index in [4.69, 9.17) is 11.0 Å². The molecule has 0 aliphatic heterocycles. The quantitative estimate of drug-likeness (QED) is 0.565. The first kappa shape index (κ1) is 23.5. The fourth-order valence-corrected chi connectivity index (χ4v) is 4.24. The average molecular weight is 433 g/mol. The van der Waals surface area contributed by atoms with Gasteiger partial charge in [-0.3, -0.25) is 9.59 Å². The van der Waals surface area contributed by atoms with E-state index in [1.165, 1.54) is 19.3 Å². The van der Waals surface area contributed by atoms with E-state index in [2.05, 4.69) is 16.7 Å². The van der Waals surface area contributed by atoms with Gasteiger partial charge in [-0.15, -0.1) is 0 Å². The molecule has 1 aliphatic carbocycles. The largest absolute Gasteiger partial charge is 0.350 e. The molecule has 6 nitrogen and oxygen atoms in total. The molecule has 1 saturated carbocycles. The van der Waals surface area contributed by atoms with Gasteiger partial charge in [-0.2, -0.15) is 5.26 Å². The van der Waals surface area contributed by atoms with Crippen LogP contribution in [0.4, 0.5) is 0 Å². The fraction of sp³-hybridized carbons (Fsp3) is 0.423. The molecule has 168 valence electrons. The van der Waals surface area contributed by atoms with Crippen LogP contribution in [0.1, 0.15) is 55.2 Å². The molecule has 0 aromatic heterocycles. The molecule has 2 amide bonds. The molecule has 3 rings (SSSR count). The molecule has 1 unspecified atom stereocenters. The molecule has 2 aromatic rings. The van der Waals surface area contributed by atoms with Gasteiger partial charge in [0.05, 0.1) is 17.7 Å². The van der Waals surface area contributed by atoms with Gasteiger partial charge in [-0.1, -0.05) is 74.6 Å². The van der Waals surface area contributed by atoms with E-state index in [0.29, 0.717) is 30.9 Å². The van der Waals surface area contributed by atoms with Crippen molar-refractivity contribution >= 4 is 11.8 Å². The predicted octanol–water partition coefficient (Wildman–Crippen LogP) is 3.20. The lowest BCUT2D eigenvalue weighted by Gasteiger charge is -2.25. The summed E-state index contributed by atoms with van der Waals surface area (Å²) in [7, 11) is 0. The average Bonchev–Trinajstić information content (AvgIpc) is 2.83. The van der Waals surface area contributed by atoms with Crippen molar-refractivity contribution in [2.75, 3.05) is 0 Å². The van der Waals surface area contributed by atoms with E-state index < -0.39 is 12.1 Å². The minimum atomic E-state index is -0.708. The minimum Gasteiger partial charge on any atom is -0.350 e. The highest BCUT2D eigenvalue weighted by Crippen LogP contribution is 2.27. The van der Waals surface area contributed by atoms with Crippen molar-refractivity contribution < 1.29 is 9.59 Å². The Bertz CT molecular complexity index is 915. The van der Waals surface area contributed by atoms with E-state index >= 15 is 0 Å². The van der Waals surface area contributed by atoms with Crippen molar-refractivity contribution in [2.24, 2.45) is 11.7 Å². The highest BCUT2D eigenvalue weighted by atomic mass is 16.2. The predicted molar refractivity (Wildman–Crippen MR) is 124 cm³/mol. The molecule has 1 fully saturated rings. The number of hydrogen-bond acceptors (Lipinski definition) is 4. The zero-order valence-electron chi connectivity index (χ0n) is 18.4. The number of benzene rings is 2. The van der Waals surface area contributed by atoms with Crippen LogP contribution in [0.15, 0.2) is 54.6 Å². The van der Waals surface area contributed by atoms with Gasteiger partial charge in [-0.05, 0) is 35.6 Å². The van der Waals surface area contributed by atoms with Crippen LogP contribution in [0.25, 0.3) is 0 Å². The van der Waals surface area contributed by atoms with Crippen LogP contribution in [0.3, 0.4) is 0 Å². The Morgan fingerprint density at radius 1 is 0.969 bits per heavy atom. The summed E-state index contributed by atoms with van der Waals surface area (Å²) >= 11 is 0. The van der Waals surface area contributed by atoms with Crippen LogP contribution >= 0.6 is 0 Å². The molecule has 4 N–H and O–H groups in total. The summed E-state index contributed by atoms with van der Waals surface area (Å²) in [5.74, 6) is -0.0382. The maximum Gasteiger partial charge on any atom is 0.243 e. The molecule has 0 heterocycles. The second-order valence-electron chi connectivity index (χ2n) is 8.62. The lowest BCUT2D eigenvalue weighted by Crippen LogP contribution is -2.52. The van der Waals surface area contributed by atoms with E-state index in [0.717, 1.165) is 24.0 Å². The Morgan fingerprint density at radius 3 is 2.31 bits per heavy atom. The van der Waals surface area contributed by atoms with Crippen LogP contribution in [0.2, 0.25) is 0 Å². The summed E-state index contributed by atoms with van der Waals surface area (Å²) in [5.41, 5.74) is 8.63. The second-order valence-corrected chi connectivity index (χ2v) is 8.62. The number of nitrogens with two attached hydrogens (primary N) is 1. The van der Waals surface area contributed by atoms with Gasteiger partial charge in [0.15, 0.2) is 0 Å². The van der Waals surface area contributed by atoms with Gasteiger partial charge in [0.1, 0.15) is 6.04 Å². The van der Waals surface area contributed by atoms with Crippen LogP contribution < -0.4 is 16.4 Å². The zero-order valence-corrected chi connectivity index (χ0v) is 18.4. The Kier molecular flexibility index (Phi) is 8.82. The van der Waals surface area contributed by atoms with Crippen molar-refractivity contribution in [3.63, 3.8) is 0 Å². The van der Waals surface area contributed by atoms with Gasteiger partial charge in [-0.25, -0.2) is 0 Å². The smallest absolute Gasteiger partial charge is 0.243 e. The molecule has 2 aromatic carbocycles. The second kappa shape index (κ2) is 12.0. The maximum absolute atomic E-state index is 13.0. The normalized spacial score (nSPS) is 15.9. The molecule has 0 radical (unpaired) electrons. The number of nitriles is 1. The summed E-state index contributed by atoms with van der Waals surface area (Å²) in [4.78, 5) is 25.8. The van der Waals surface area contributed by atoms with E-state index in [9.17, 15) is 9.59 Å². The number of nitrogens with one attached hydrogen (secondary N) is 2. The number of carbonyl (C=O) groups is 2. The third-order valence-corrected chi connectivity index (χ3v) is 6.11. The van der Waals surface area contributed by atoms with E-state index in [1.54, 1.807) is 12.1 Å². The lowest BCUT2D eigenvalue weighted by atomic mass is 9.85. The monoisotopic (exact) mass is 432 g/mol. The highest BCUT2D eigenvalue weighted by molar-refractivity contribution is 5.89. The van der Waals surface area contributed by atoms with E-state index in [1.807, 2.05) is 42.5 Å². The Labute approximate surface area is 190 Å². The summed E-state index contributed by atoms with van der Waals surface area (Å²) in [6, 6.07) is 17.4. The molecule has 1 aliphatic rings. The van der Waals surface area contributed by atoms with Crippen LogP contribution in [-0.2, 0) is 22.6 Å². The van der Waals surface area contributed by atoms with Gasteiger partial charge < -0.3 is 16.4 Å². The third kappa shape index (κ3) is 7.21. The first-order chi connectivity index (χ1) is 15.5. The summed E-state index contributed by atoms with van der Waals surface area (Å²) in [5, 5.41) is 14.7. The van der Waals surface area contributed by atoms with Crippen molar-refractivity contribution in [2.45, 2.75) is 63.6 Å². The molecule has 0 saturated heterocycles. The Hall–Kier alpha value is -3.17. The molecular weight excluding hydrogens is 400 g/mol. The first-order valence-corrected chi connectivity index (χ1v) is 11.4. The molecule has 32 heavy (non-hydrogen) atoms. The lowest BCUT2D eigenvalue weighted by molar-refractivity contribution is -0.129. The van der Waals surface area contributed by atoms with Gasteiger partial charge in [0.2, 0.25) is 11.8 Å².